The lowest BCUT2D eigenvalue weighted by Gasteiger charge is -2.23. The molecule has 7 nitrogen and oxygen atoms in total. The monoisotopic (exact) mass is 314 g/mol. The van der Waals surface area contributed by atoms with E-state index in [2.05, 4.69) is 5.32 Å². The van der Waals surface area contributed by atoms with Crippen molar-refractivity contribution in [2.75, 3.05) is 19.4 Å². The van der Waals surface area contributed by atoms with Gasteiger partial charge in [0.05, 0.1) is 9.82 Å². The van der Waals surface area contributed by atoms with Crippen LogP contribution in [0.5, 0.6) is 5.75 Å². The van der Waals surface area contributed by atoms with Crippen LogP contribution in [0.25, 0.3) is 0 Å². The molecule has 1 aliphatic heterocycles. The summed E-state index contributed by atoms with van der Waals surface area (Å²) in [6, 6.07) is 3.88. The van der Waals surface area contributed by atoms with Gasteiger partial charge in [-0.15, -0.1) is 0 Å². The quantitative estimate of drug-likeness (QED) is 0.653. The van der Waals surface area contributed by atoms with Crippen molar-refractivity contribution in [3.63, 3.8) is 0 Å². The molecule has 1 fully saturated rings. The number of nitro groups is 1. The number of rotatable bonds is 5. The molecule has 2 rings (SSSR count). The van der Waals surface area contributed by atoms with Crippen molar-refractivity contribution in [1.82, 2.24) is 5.32 Å². The topological polar surface area (TPSA) is 98.5 Å². The van der Waals surface area contributed by atoms with Gasteiger partial charge in [0.1, 0.15) is 6.61 Å². The van der Waals surface area contributed by atoms with Gasteiger partial charge in [-0.3, -0.25) is 10.1 Å². The van der Waals surface area contributed by atoms with Crippen LogP contribution in [0.2, 0.25) is 0 Å². The predicted molar refractivity (Wildman–Crippen MR) is 77.3 cm³/mol. The SMILES string of the molecule is CS(=O)(=O)c1ccc(OCC2CCCCN2)c([N+](=O)[O-])c1. The van der Waals surface area contributed by atoms with Gasteiger partial charge < -0.3 is 10.1 Å². The molecule has 1 aliphatic rings. The fraction of sp³-hybridized carbons (Fsp3) is 0.538. The molecule has 1 N–H and O–H groups in total. The van der Waals surface area contributed by atoms with Gasteiger partial charge in [0.15, 0.2) is 15.6 Å². The number of hydrogen-bond donors (Lipinski definition) is 1. The van der Waals surface area contributed by atoms with E-state index < -0.39 is 14.8 Å². The largest absolute Gasteiger partial charge is 0.485 e. The summed E-state index contributed by atoms with van der Waals surface area (Å²) in [7, 11) is -3.48. The van der Waals surface area contributed by atoms with E-state index in [1.165, 1.54) is 12.1 Å². The Balaban J connectivity index is 2.16. The molecule has 0 aromatic heterocycles. The van der Waals surface area contributed by atoms with Gasteiger partial charge in [-0.05, 0) is 31.5 Å². The molecule has 0 saturated carbocycles. The maximum atomic E-state index is 11.5. The number of benzene rings is 1. The zero-order valence-electron chi connectivity index (χ0n) is 11.7. The number of sulfone groups is 1. The second-order valence-corrected chi connectivity index (χ2v) is 7.13. The Morgan fingerprint density at radius 3 is 2.76 bits per heavy atom. The Morgan fingerprint density at radius 1 is 1.43 bits per heavy atom. The second kappa shape index (κ2) is 6.40. The molecule has 8 heteroatoms. The summed E-state index contributed by atoms with van der Waals surface area (Å²) in [5.74, 6) is 0.0970. The Morgan fingerprint density at radius 2 is 2.19 bits per heavy atom. The van der Waals surface area contributed by atoms with E-state index in [9.17, 15) is 18.5 Å². The number of nitro benzene ring substituents is 1. The van der Waals surface area contributed by atoms with Crippen LogP contribution in [-0.4, -0.2) is 38.8 Å². The average molecular weight is 314 g/mol. The van der Waals surface area contributed by atoms with Gasteiger partial charge in [0.25, 0.3) is 0 Å². The highest BCUT2D eigenvalue weighted by molar-refractivity contribution is 7.90. The van der Waals surface area contributed by atoms with Crippen LogP contribution in [-0.2, 0) is 9.84 Å². The van der Waals surface area contributed by atoms with Crippen molar-refractivity contribution in [3.05, 3.63) is 28.3 Å². The summed E-state index contributed by atoms with van der Waals surface area (Å²) in [6.45, 7) is 1.25. The normalized spacial score (nSPS) is 19.2. The zero-order chi connectivity index (χ0) is 15.5. The first kappa shape index (κ1) is 15.7. The highest BCUT2D eigenvalue weighted by Gasteiger charge is 2.21. The standard InChI is InChI=1S/C13H18N2O5S/c1-21(18,19)11-5-6-13(12(8-11)15(16)17)20-9-10-4-2-3-7-14-10/h5-6,8,10,14H,2-4,7,9H2,1H3. The van der Waals surface area contributed by atoms with Crippen LogP contribution in [0.15, 0.2) is 23.1 Å². The maximum Gasteiger partial charge on any atom is 0.312 e. The van der Waals surface area contributed by atoms with E-state index in [0.717, 1.165) is 38.1 Å². The average Bonchev–Trinajstić information content (AvgIpc) is 2.45. The van der Waals surface area contributed by atoms with E-state index in [-0.39, 0.29) is 22.4 Å². The number of nitrogens with zero attached hydrogens (tertiary/aromatic N) is 1. The molecule has 1 aromatic carbocycles. The van der Waals surface area contributed by atoms with Crippen LogP contribution >= 0.6 is 0 Å². The highest BCUT2D eigenvalue weighted by atomic mass is 32.2. The van der Waals surface area contributed by atoms with Gasteiger partial charge in [-0.2, -0.15) is 0 Å². The first-order valence-electron chi connectivity index (χ1n) is 6.72. The van der Waals surface area contributed by atoms with Crippen molar-refractivity contribution >= 4 is 15.5 Å². The van der Waals surface area contributed by atoms with E-state index in [4.69, 9.17) is 4.74 Å². The van der Waals surface area contributed by atoms with Crippen molar-refractivity contribution in [2.45, 2.75) is 30.2 Å². The van der Waals surface area contributed by atoms with Crippen molar-refractivity contribution in [3.8, 4) is 5.75 Å². The fourth-order valence-electron chi connectivity index (χ4n) is 2.25. The fourth-order valence-corrected chi connectivity index (χ4v) is 2.89. The summed E-state index contributed by atoms with van der Waals surface area (Å²) < 4.78 is 28.4. The first-order chi connectivity index (χ1) is 9.88. The summed E-state index contributed by atoms with van der Waals surface area (Å²) in [4.78, 5) is 10.4. The predicted octanol–water partition coefficient (Wildman–Crippen LogP) is 1.52. The minimum atomic E-state index is -3.48. The number of hydrogen-bond acceptors (Lipinski definition) is 6. The molecule has 0 aliphatic carbocycles. The van der Waals surface area contributed by atoms with Crippen LogP contribution in [0, 0.1) is 10.1 Å². The lowest BCUT2D eigenvalue weighted by molar-refractivity contribution is -0.386. The lowest BCUT2D eigenvalue weighted by Crippen LogP contribution is -2.38. The van der Waals surface area contributed by atoms with Crippen LogP contribution < -0.4 is 10.1 Å². The molecule has 21 heavy (non-hydrogen) atoms. The summed E-state index contributed by atoms with van der Waals surface area (Å²) >= 11 is 0. The van der Waals surface area contributed by atoms with Crippen LogP contribution in [0.3, 0.4) is 0 Å². The smallest absolute Gasteiger partial charge is 0.312 e. The van der Waals surface area contributed by atoms with Gasteiger partial charge in [0.2, 0.25) is 0 Å². The molecule has 0 spiro atoms. The Bertz CT molecular complexity index is 623. The molecule has 1 saturated heterocycles. The number of nitrogens with one attached hydrogen (secondary N) is 1. The van der Waals surface area contributed by atoms with Gasteiger partial charge in [0, 0.05) is 18.4 Å². The first-order valence-corrected chi connectivity index (χ1v) is 8.62. The Hall–Kier alpha value is -1.67. The van der Waals surface area contributed by atoms with E-state index >= 15 is 0 Å². The van der Waals surface area contributed by atoms with Gasteiger partial charge >= 0.3 is 5.69 Å². The summed E-state index contributed by atoms with van der Waals surface area (Å²) in [6.07, 6.45) is 4.21. The minimum Gasteiger partial charge on any atom is -0.485 e. The van der Waals surface area contributed by atoms with Crippen molar-refractivity contribution in [1.29, 1.82) is 0 Å². The summed E-state index contributed by atoms with van der Waals surface area (Å²) in [5, 5.41) is 14.4. The third-order valence-electron chi connectivity index (χ3n) is 3.41. The third kappa shape index (κ3) is 4.15. The highest BCUT2D eigenvalue weighted by Crippen LogP contribution is 2.30. The Kier molecular flexibility index (Phi) is 4.79. The van der Waals surface area contributed by atoms with Crippen molar-refractivity contribution in [2.24, 2.45) is 0 Å². The molecule has 1 heterocycles. The molecular formula is C13H18N2O5S. The molecule has 0 bridgehead atoms. The third-order valence-corrected chi connectivity index (χ3v) is 4.52. The molecule has 1 atom stereocenters. The van der Waals surface area contributed by atoms with Crippen molar-refractivity contribution < 1.29 is 18.1 Å². The number of ether oxygens (including phenoxy) is 1. The zero-order valence-corrected chi connectivity index (χ0v) is 12.6. The van der Waals surface area contributed by atoms with E-state index in [0.29, 0.717) is 6.61 Å². The second-order valence-electron chi connectivity index (χ2n) is 5.12. The van der Waals surface area contributed by atoms with Gasteiger partial charge in [-0.25, -0.2) is 8.42 Å². The molecule has 1 unspecified atom stereocenters. The molecule has 0 amide bonds. The molecular weight excluding hydrogens is 296 g/mol. The molecule has 116 valence electrons. The summed E-state index contributed by atoms with van der Waals surface area (Å²) in [5.41, 5.74) is -0.325. The maximum absolute atomic E-state index is 11.5. The van der Waals surface area contributed by atoms with E-state index in [1.807, 2.05) is 0 Å². The molecule has 1 aromatic rings. The minimum absolute atomic E-state index is 0.0858. The van der Waals surface area contributed by atoms with Gasteiger partial charge in [-0.1, -0.05) is 6.42 Å². The van der Waals surface area contributed by atoms with E-state index in [1.54, 1.807) is 0 Å². The van der Waals surface area contributed by atoms with Crippen LogP contribution in [0.1, 0.15) is 19.3 Å². The number of piperidine rings is 1. The lowest BCUT2D eigenvalue weighted by atomic mass is 10.1. The Labute approximate surface area is 123 Å². The van der Waals surface area contributed by atoms with Crippen LogP contribution in [0.4, 0.5) is 5.69 Å². The molecule has 0 radical (unpaired) electrons.